The van der Waals surface area contributed by atoms with E-state index >= 15 is 0 Å². The molecule has 2 aromatic carbocycles. The van der Waals surface area contributed by atoms with Gasteiger partial charge in [0.25, 0.3) is 0 Å². The molecule has 2 aromatic rings. The van der Waals surface area contributed by atoms with Gasteiger partial charge in [-0.25, -0.2) is 4.39 Å². The molecule has 140 valence electrons. The first-order chi connectivity index (χ1) is 13.2. The van der Waals surface area contributed by atoms with Gasteiger partial charge in [-0.15, -0.1) is 0 Å². The minimum Gasteiger partial charge on any atom is -0.504 e. The van der Waals surface area contributed by atoms with Gasteiger partial charge in [0, 0.05) is 48.2 Å². The van der Waals surface area contributed by atoms with E-state index in [1.54, 1.807) is 6.07 Å². The predicted molar refractivity (Wildman–Crippen MR) is 109 cm³/mol. The summed E-state index contributed by atoms with van der Waals surface area (Å²) in [4.78, 5) is 6.61. The Morgan fingerprint density at radius 1 is 1.11 bits per heavy atom. The van der Waals surface area contributed by atoms with Crippen LogP contribution in [-0.2, 0) is 0 Å². The van der Waals surface area contributed by atoms with Crippen LogP contribution in [0.25, 0.3) is 0 Å². The summed E-state index contributed by atoms with van der Waals surface area (Å²) in [6, 6.07) is 11.1. The minimum absolute atomic E-state index is 0.361. The Labute approximate surface area is 160 Å². The number of phenols is 1. The first-order valence-corrected chi connectivity index (χ1v) is 9.56. The van der Waals surface area contributed by atoms with Crippen molar-refractivity contribution in [3.8, 4) is 17.6 Å². The number of benzene rings is 2. The largest absolute Gasteiger partial charge is 0.504 e. The molecule has 0 saturated carbocycles. The Bertz CT molecular complexity index is 856. The first-order valence-electron chi connectivity index (χ1n) is 9.56. The zero-order chi connectivity index (χ0) is 19.1. The molecule has 1 heterocycles. The molecule has 0 atom stereocenters. The summed E-state index contributed by atoms with van der Waals surface area (Å²) in [6.07, 6.45) is 6.02. The molecule has 1 saturated heterocycles. The van der Waals surface area contributed by atoms with E-state index in [1.165, 1.54) is 30.8 Å². The molecule has 1 aliphatic heterocycles. The van der Waals surface area contributed by atoms with Gasteiger partial charge in [0.2, 0.25) is 0 Å². The summed E-state index contributed by atoms with van der Waals surface area (Å²) in [6.45, 7) is 4.97. The maximum atomic E-state index is 14.0. The molecule has 0 amide bonds. The van der Waals surface area contributed by atoms with E-state index in [4.69, 9.17) is 0 Å². The normalized spacial score (nSPS) is 13.8. The number of halogens is 1. The third-order valence-corrected chi connectivity index (χ3v) is 4.65. The monoisotopic (exact) mass is 364 g/mol. The van der Waals surface area contributed by atoms with Crippen molar-refractivity contribution in [2.75, 3.05) is 24.5 Å². The number of phenolic OH excluding ortho intramolecular Hbond substituents is 1. The van der Waals surface area contributed by atoms with Crippen LogP contribution in [0.4, 0.5) is 10.1 Å². The summed E-state index contributed by atoms with van der Waals surface area (Å²) in [5.41, 5.74) is 2.98. The summed E-state index contributed by atoms with van der Waals surface area (Å²) < 4.78 is 14.0. The van der Waals surface area contributed by atoms with E-state index in [-0.39, 0.29) is 5.75 Å². The lowest BCUT2D eigenvalue weighted by molar-refractivity contribution is 0.431. The molecule has 0 aliphatic carbocycles. The number of rotatable bonds is 5. The molecule has 0 spiro atoms. The van der Waals surface area contributed by atoms with Gasteiger partial charge >= 0.3 is 0 Å². The zero-order valence-corrected chi connectivity index (χ0v) is 15.7. The number of hydrogen-bond acceptors (Lipinski definition) is 3. The average molecular weight is 364 g/mol. The highest BCUT2D eigenvalue weighted by Gasteiger charge is 2.11. The van der Waals surface area contributed by atoms with Crippen molar-refractivity contribution in [3.63, 3.8) is 0 Å². The highest BCUT2D eigenvalue weighted by molar-refractivity contribution is 5.84. The fourth-order valence-electron chi connectivity index (χ4n) is 3.08. The third kappa shape index (κ3) is 5.10. The van der Waals surface area contributed by atoms with E-state index < -0.39 is 5.82 Å². The van der Waals surface area contributed by atoms with Gasteiger partial charge in [-0.3, -0.25) is 4.99 Å². The number of anilines is 1. The molecule has 27 heavy (non-hydrogen) atoms. The molecule has 0 bridgehead atoms. The fraction of sp³-hybridized carbons (Fsp3) is 0.348. The van der Waals surface area contributed by atoms with Crippen LogP contribution in [-0.4, -0.2) is 31.0 Å². The van der Waals surface area contributed by atoms with Crippen LogP contribution in [0.15, 0.2) is 41.4 Å². The molecule has 1 aliphatic rings. The topological polar surface area (TPSA) is 35.8 Å². The van der Waals surface area contributed by atoms with Crippen LogP contribution in [0.5, 0.6) is 5.75 Å². The van der Waals surface area contributed by atoms with E-state index in [0.717, 1.165) is 31.5 Å². The van der Waals surface area contributed by atoms with E-state index in [0.29, 0.717) is 17.7 Å². The standard InChI is InChI=1S/C23H25FN2O/c1-2-3-12-25-17-20-15-19(16-22(24)23(20)27)7-6-18-8-10-21(11-9-18)26-13-4-5-14-26/h8-11,15-17,27H,2-5,12-14H2,1H3/b25-17+. The molecule has 4 heteroatoms. The van der Waals surface area contributed by atoms with E-state index in [9.17, 15) is 9.50 Å². The van der Waals surface area contributed by atoms with Crippen molar-refractivity contribution < 1.29 is 9.50 Å². The van der Waals surface area contributed by atoms with E-state index in [2.05, 4.69) is 40.8 Å². The fourth-order valence-corrected chi connectivity index (χ4v) is 3.08. The minimum atomic E-state index is -0.678. The first kappa shape index (κ1) is 19.0. The Morgan fingerprint density at radius 2 is 1.81 bits per heavy atom. The molecular weight excluding hydrogens is 339 g/mol. The molecule has 0 radical (unpaired) electrons. The Balaban J connectivity index is 1.75. The summed E-state index contributed by atoms with van der Waals surface area (Å²) in [7, 11) is 0. The molecule has 0 unspecified atom stereocenters. The van der Waals surface area contributed by atoms with Gasteiger partial charge < -0.3 is 10.0 Å². The summed E-state index contributed by atoms with van der Waals surface area (Å²) >= 11 is 0. The molecule has 0 aromatic heterocycles. The maximum Gasteiger partial charge on any atom is 0.166 e. The Morgan fingerprint density at radius 3 is 2.52 bits per heavy atom. The highest BCUT2D eigenvalue weighted by atomic mass is 19.1. The van der Waals surface area contributed by atoms with Crippen molar-refractivity contribution in [1.29, 1.82) is 0 Å². The van der Waals surface area contributed by atoms with Gasteiger partial charge in [0.05, 0.1) is 0 Å². The molecule has 1 fully saturated rings. The summed E-state index contributed by atoms with van der Waals surface area (Å²) in [5, 5.41) is 9.88. The maximum absolute atomic E-state index is 14.0. The Kier molecular flexibility index (Phi) is 6.49. The zero-order valence-electron chi connectivity index (χ0n) is 15.7. The van der Waals surface area contributed by atoms with Crippen molar-refractivity contribution in [2.24, 2.45) is 4.99 Å². The number of hydrogen-bond donors (Lipinski definition) is 1. The second-order valence-electron chi connectivity index (χ2n) is 6.78. The highest BCUT2D eigenvalue weighted by Crippen LogP contribution is 2.22. The van der Waals surface area contributed by atoms with Gasteiger partial charge in [0.15, 0.2) is 11.6 Å². The lowest BCUT2D eigenvalue weighted by Gasteiger charge is -2.17. The lowest BCUT2D eigenvalue weighted by Crippen LogP contribution is -2.17. The molecule has 3 rings (SSSR count). The van der Waals surface area contributed by atoms with Crippen molar-refractivity contribution in [3.05, 3.63) is 58.9 Å². The van der Waals surface area contributed by atoms with Gasteiger partial charge in [-0.1, -0.05) is 25.2 Å². The smallest absolute Gasteiger partial charge is 0.166 e. The summed E-state index contributed by atoms with van der Waals surface area (Å²) in [5.74, 6) is 4.99. The quantitative estimate of drug-likeness (QED) is 0.472. The predicted octanol–water partition coefficient (Wildman–Crippen LogP) is 4.75. The van der Waals surface area contributed by atoms with E-state index in [1.807, 2.05) is 12.1 Å². The van der Waals surface area contributed by atoms with Crippen LogP contribution in [0.3, 0.4) is 0 Å². The lowest BCUT2D eigenvalue weighted by atomic mass is 10.1. The van der Waals surface area contributed by atoms with Gasteiger partial charge in [0.1, 0.15) is 0 Å². The van der Waals surface area contributed by atoms with Crippen molar-refractivity contribution in [2.45, 2.75) is 32.6 Å². The number of aromatic hydroxyl groups is 1. The molecule has 3 nitrogen and oxygen atoms in total. The Hall–Kier alpha value is -2.80. The van der Waals surface area contributed by atoms with Gasteiger partial charge in [-0.05, 0) is 55.7 Å². The number of aliphatic imine (C=N–C) groups is 1. The van der Waals surface area contributed by atoms with Crippen molar-refractivity contribution >= 4 is 11.9 Å². The molecule has 1 N–H and O–H groups in total. The second kappa shape index (κ2) is 9.23. The number of unbranched alkanes of at least 4 members (excludes halogenated alkanes) is 1. The molecular formula is C23H25FN2O. The van der Waals surface area contributed by atoms with Crippen LogP contribution < -0.4 is 4.90 Å². The van der Waals surface area contributed by atoms with Crippen LogP contribution >= 0.6 is 0 Å². The van der Waals surface area contributed by atoms with Gasteiger partial charge in [-0.2, -0.15) is 0 Å². The number of nitrogens with zero attached hydrogens (tertiary/aromatic N) is 2. The second-order valence-corrected chi connectivity index (χ2v) is 6.78. The van der Waals surface area contributed by atoms with Crippen LogP contribution in [0, 0.1) is 17.7 Å². The SMILES string of the molecule is CCCC/N=C/c1cc(C#Cc2ccc(N3CCCC3)cc2)cc(F)c1O. The van der Waals surface area contributed by atoms with Crippen molar-refractivity contribution in [1.82, 2.24) is 0 Å². The average Bonchev–Trinajstić information content (AvgIpc) is 3.22. The van der Waals surface area contributed by atoms with Crippen LogP contribution in [0.1, 0.15) is 49.3 Å². The van der Waals surface area contributed by atoms with Crippen LogP contribution in [0.2, 0.25) is 0 Å². The third-order valence-electron chi connectivity index (χ3n) is 4.65.